The van der Waals surface area contributed by atoms with Crippen molar-refractivity contribution in [3.05, 3.63) is 39.3 Å². The standard InChI is InChI=1S/C18H23N3OS2/c1-12-15(13(2)20-18(19-12)23-3)6-7-17(22)21-9-4-5-16(21)14-8-10-24-11-14/h8,10-11,16H,4-7,9H2,1-3H3. The Labute approximate surface area is 151 Å². The van der Waals surface area contributed by atoms with Crippen molar-refractivity contribution in [1.29, 1.82) is 0 Å². The van der Waals surface area contributed by atoms with Crippen molar-refractivity contribution in [3.8, 4) is 0 Å². The molecule has 0 spiro atoms. The number of hydrogen-bond acceptors (Lipinski definition) is 5. The minimum atomic E-state index is 0.247. The second-order valence-electron chi connectivity index (χ2n) is 6.16. The average molecular weight is 362 g/mol. The van der Waals surface area contributed by atoms with Crippen LogP contribution >= 0.6 is 23.1 Å². The third-order valence-electron chi connectivity index (χ3n) is 4.67. The van der Waals surface area contributed by atoms with Gasteiger partial charge in [0.05, 0.1) is 6.04 Å². The molecule has 24 heavy (non-hydrogen) atoms. The molecule has 0 radical (unpaired) electrons. The molecule has 4 nitrogen and oxygen atoms in total. The van der Waals surface area contributed by atoms with E-state index in [2.05, 4.69) is 31.7 Å². The molecule has 3 rings (SSSR count). The highest BCUT2D eigenvalue weighted by Crippen LogP contribution is 2.33. The molecule has 0 aliphatic carbocycles. The van der Waals surface area contributed by atoms with Gasteiger partial charge in [-0.05, 0) is 67.3 Å². The summed E-state index contributed by atoms with van der Waals surface area (Å²) in [6.45, 7) is 4.90. The Hall–Kier alpha value is -1.40. The minimum Gasteiger partial charge on any atom is -0.336 e. The van der Waals surface area contributed by atoms with E-state index in [9.17, 15) is 4.79 Å². The molecule has 2 aromatic heterocycles. The quantitative estimate of drug-likeness (QED) is 0.592. The van der Waals surface area contributed by atoms with Crippen LogP contribution in [0.15, 0.2) is 22.0 Å². The van der Waals surface area contributed by atoms with E-state index < -0.39 is 0 Å². The van der Waals surface area contributed by atoms with Gasteiger partial charge in [0.15, 0.2) is 5.16 Å². The Morgan fingerprint density at radius 3 is 2.75 bits per heavy atom. The first-order valence-corrected chi connectivity index (χ1v) is 10.5. The van der Waals surface area contributed by atoms with Crippen molar-refractivity contribution >= 4 is 29.0 Å². The SMILES string of the molecule is CSc1nc(C)c(CCC(=O)N2CCCC2c2ccsc2)c(C)n1. The van der Waals surface area contributed by atoms with Crippen molar-refractivity contribution in [3.63, 3.8) is 0 Å². The van der Waals surface area contributed by atoms with Crippen LogP contribution in [-0.4, -0.2) is 33.6 Å². The highest BCUT2D eigenvalue weighted by Gasteiger charge is 2.29. The highest BCUT2D eigenvalue weighted by atomic mass is 32.2. The fourth-order valence-corrected chi connectivity index (χ4v) is 4.58. The summed E-state index contributed by atoms with van der Waals surface area (Å²) >= 11 is 3.25. The fourth-order valence-electron chi connectivity index (χ4n) is 3.41. The monoisotopic (exact) mass is 361 g/mol. The van der Waals surface area contributed by atoms with E-state index in [0.29, 0.717) is 6.42 Å². The van der Waals surface area contributed by atoms with Gasteiger partial charge in [-0.25, -0.2) is 9.97 Å². The molecule has 1 fully saturated rings. The van der Waals surface area contributed by atoms with Crippen molar-refractivity contribution < 1.29 is 4.79 Å². The smallest absolute Gasteiger partial charge is 0.223 e. The molecule has 0 aromatic carbocycles. The summed E-state index contributed by atoms with van der Waals surface area (Å²) in [7, 11) is 0. The Morgan fingerprint density at radius 1 is 1.38 bits per heavy atom. The predicted molar refractivity (Wildman–Crippen MR) is 99.6 cm³/mol. The molecule has 128 valence electrons. The van der Waals surface area contributed by atoms with E-state index in [1.807, 2.05) is 20.1 Å². The first-order valence-electron chi connectivity index (χ1n) is 8.30. The first-order chi connectivity index (χ1) is 11.6. The van der Waals surface area contributed by atoms with Crippen LogP contribution in [0.3, 0.4) is 0 Å². The molecule has 3 heterocycles. The van der Waals surface area contributed by atoms with E-state index in [1.54, 1.807) is 23.1 Å². The summed E-state index contributed by atoms with van der Waals surface area (Å²) in [6.07, 6.45) is 5.40. The molecule has 0 saturated carbocycles. The lowest BCUT2D eigenvalue weighted by atomic mass is 10.0. The lowest BCUT2D eigenvalue weighted by Crippen LogP contribution is -2.30. The summed E-state index contributed by atoms with van der Waals surface area (Å²) < 4.78 is 0. The van der Waals surface area contributed by atoms with Gasteiger partial charge in [0, 0.05) is 24.4 Å². The number of hydrogen-bond donors (Lipinski definition) is 0. The largest absolute Gasteiger partial charge is 0.336 e. The van der Waals surface area contributed by atoms with Gasteiger partial charge in [0.1, 0.15) is 0 Å². The van der Waals surface area contributed by atoms with E-state index in [1.165, 1.54) is 5.56 Å². The Bertz CT molecular complexity index is 692. The van der Waals surface area contributed by atoms with Crippen LogP contribution in [0.5, 0.6) is 0 Å². The number of amides is 1. The summed E-state index contributed by atoms with van der Waals surface area (Å²) in [6, 6.07) is 2.41. The molecule has 1 amide bonds. The van der Waals surface area contributed by atoms with Crippen LogP contribution in [0.1, 0.15) is 47.8 Å². The lowest BCUT2D eigenvalue weighted by molar-refractivity contribution is -0.132. The minimum absolute atomic E-state index is 0.247. The maximum Gasteiger partial charge on any atom is 0.223 e. The molecule has 6 heteroatoms. The average Bonchev–Trinajstić information content (AvgIpc) is 3.24. The van der Waals surface area contributed by atoms with Gasteiger partial charge in [0.25, 0.3) is 0 Å². The maximum absolute atomic E-state index is 12.8. The zero-order valence-corrected chi connectivity index (χ0v) is 16.0. The normalized spacial score (nSPS) is 17.5. The molecular formula is C18H23N3OS2. The van der Waals surface area contributed by atoms with Gasteiger partial charge in [-0.15, -0.1) is 0 Å². The number of thioether (sulfide) groups is 1. The third-order valence-corrected chi connectivity index (χ3v) is 5.92. The summed E-state index contributed by atoms with van der Waals surface area (Å²) in [5, 5.41) is 5.06. The highest BCUT2D eigenvalue weighted by molar-refractivity contribution is 7.98. The van der Waals surface area contributed by atoms with Crippen LogP contribution in [0.4, 0.5) is 0 Å². The van der Waals surface area contributed by atoms with E-state index in [0.717, 1.165) is 47.9 Å². The van der Waals surface area contributed by atoms with Crippen LogP contribution in [0.25, 0.3) is 0 Å². The van der Waals surface area contributed by atoms with Gasteiger partial charge in [0.2, 0.25) is 5.91 Å². The lowest BCUT2D eigenvalue weighted by Gasteiger charge is -2.24. The topological polar surface area (TPSA) is 46.1 Å². The maximum atomic E-state index is 12.8. The number of thiophene rings is 1. The van der Waals surface area contributed by atoms with Crippen LogP contribution in [-0.2, 0) is 11.2 Å². The van der Waals surface area contributed by atoms with Crippen LogP contribution < -0.4 is 0 Å². The summed E-state index contributed by atoms with van der Waals surface area (Å²) in [5.74, 6) is 0.247. The molecule has 2 aromatic rings. The molecule has 0 bridgehead atoms. The first kappa shape index (κ1) is 17.4. The molecule has 1 unspecified atom stereocenters. The molecule has 1 aliphatic heterocycles. The summed E-state index contributed by atoms with van der Waals surface area (Å²) in [4.78, 5) is 23.8. The molecule has 1 atom stereocenters. The number of nitrogens with zero attached hydrogens (tertiary/aromatic N) is 3. The molecule has 1 saturated heterocycles. The zero-order valence-electron chi connectivity index (χ0n) is 14.4. The van der Waals surface area contributed by atoms with Gasteiger partial charge >= 0.3 is 0 Å². The van der Waals surface area contributed by atoms with Crippen LogP contribution in [0.2, 0.25) is 0 Å². The molecule has 1 aliphatic rings. The number of aromatic nitrogens is 2. The van der Waals surface area contributed by atoms with E-state index >= 15 is 0 Å². The molecular weight excluding hydrogens is 338 g/mol. The number of aryl methyl sites for hydroxylation is 2. The van der Waals surface area contributed by atoms with E-state index in [-0.39, 0.29) is 11.9 Å². The van der Waals surface area contributed by atoms with Gasteiger partial charge in [-0.3, -0.25) is 4.79 Å². The Kier molecular flexibility index (Phi) is 5.56. The molecule has 0 N–H and O–H groups in total. The van der Waals surface area contributed by atoms with Crippen molar-refractivity contribution in [2.45, 2.75) is 50.7 Å². The number of carbonyl (C=O) groups excluding carboxylic acids is 1. The number of carbonyl (C=O) groups is 1. The van der Waals surface area contributed by atoms with Crippen molar-refractivity contribution in [2.75, 3.05) is 12.8 Å². The fraction of sp³-hybridized carbons (Fsp3) is 0.500. The Morgan fingerprint density at radius 2 is 2.12 bits per heavy atom. The predicted octanol–water partition coefficient (Wildman–Crippen LogP) is 4.17. The number of likely N-dealkylation sites (tertiary alicyclic amines) is 1. The third kappa shape index (κ3) is 3.64. The van der Waals surface area contributed by atoms with Crippen molar-refractivity contribution in [2.24, 2.45) is 0 Å². The zero-order chi connectivity index (χ0) is 17.1. The van der Waals surface area contributed by atoms with E-state index in [4.69, 9.17) is 0 Å². The second kappa shape index (κ2) is 7.66. The summed E-state index contributed by atoms with van der Waals surface area (Å²) in [5.41, 5.74) is 4.39. The Balaban J connectivity index is 1.67. The second-order valence-corrected chi connectivity index (χ2v) is 7.71. The van der Waals surface area contributed by atoms with Crippen molar-refractivity contribution in [1.82, 2.24) is 14.9 Å². The van der Waals surface area contributed by atoms with Gasteiger partial charge < -0.3 is 4.90 Å². The van der Waals surface area contributed by atoms with Gasteiger partial charge in [-0.2, -0.15) is 11.3 Å². The van der Waals surface area contributed by atoms with Crippen LogP contribution in [0, 0.1) is 13.8 Å². The van der Waals surface area contributed by atoms with Gasteiger partial charge in [-0.1, -0.05) is 11.8 Å². The number of rotatable bonds is 5.